The number of carbonyl (C=O) groups excluding carboxylic acids is 1. The van der Waals surface area contributed by atoms with Crippen molar-refractivity contribution in [2.24, 2.45) is 5.92 Å². The minimum Gasteiger partial charge on any atom is -0.335 e. The summed E-state index contributed by atoms with van der Waals surface area (Å²) in [7, 11) is -0.320. The van der Waals surface area contributed by atoms with Crippen molar-refractivity contribution in [3.8, 4) is 11.8 Å². The van der Waals surface area contributed by atoms with Crippen LogP contribution in [0.4, 0.5) is 0 Å². The van der Waals surface area contributed by atoms with Gasteiger partial charge in [0.2, 0.25) is 0 Å². The number of amides is 1. The molecule has 1 N–H and O–H groups in total. The van der Waals surface area contributed by atoms with E-state index in [0.29, 0.717) is 12.0 Å². The molecule has 2 heterocycles. The number of para-hydroxylation sites is 1. The average Bonchev–Trinajstić information content (AvgIpc) is 3.69. The number of hydrogen-bond donors (Lipinski definition) is 1. The summed E-state index contributed by atoms with van der Waals surface area (Å²) in [6, 6.07) is 10.7. The van der Waals surface area contributed by atoms with E-state index in [4.69, 9.17) is 0 Å². The number of pyridine rings is 1. The van der Waals surface area contributed by atoms with Gasteiger partial charge < -0.3 is 9.62 Å². The van der Waals surface area contributed by atoms with Crippen molar-refractivity contribution in [1.82, 2.24) is 19.5 Å². The monoisotopic (exact) mass is 486 g/mol. The standard InChI is InChI=1S/C29H34N4OS/c1-4-35(27-12-6-8-24-10-7-17-30-28(24)27)31-26-11-5-9-25(15-16-26)29(34)33-21(2)18-32(19-22(33)3)20-23-13-14-23/h4,6-8,10,12,15-17,21-23,31H,11,13-14,18-20H2,1-3H3. The molecule has 1 aromatic heterocycles. The van der Waals surface area contributed by atoms with Crippen LogP contribution in [0.15, 0.2) is 64.8 Å². The van der Waals surface area contributed by atoms with Gasteiger partial charge in [-0.2, -0.15) is 0 Å². The lowest BCUT2D eigenvalue weighted by Gasteiger charge is -2.44. The summed E-state index contributed by atoms with van der Waals surface area (Å²) in [5.41, 5.74) is 2.62. The van der Waals surface area contributed by atoms with Crippen molar-refractivity contribution in [2.75, 3.05) is 19.6 Å². The van der Waals surface area contributed by atoms with E-state index < -0.39 is 0 Å². The Hall–Kier alpha value is -2.88. The van der Waals surface area contributed by atoms with Gasteiger partial charge in [-0.1, -0.05) is 40.7 Å². The van der Waals surface area contributed by atoms with Crippen LogP contribution < -0.4 is 4.72 Å². The van der Waals surface area contributed by atoms with Crippen LogP contribution >= 0.6 is 10.7 Å². The van der Waals surface area contributed by atoms with Gasteiger partial charge >= 0.3 is 0 Å². The van der Waals surface area contributed by atoms with Crippen LogP contribution in [0.3, 0.4) is 0 Å². The Morgan fingerprint density at radius 2 is 1.94 bits per heavy atom. The van der Waals surface area contributed by atoms with Crippen LogP contribution in [0.2, 0.25) is 0 Å². The molecule has 6 heteroatoms. The van der Waals surface area contributed by atoms with Gasteiger partial charge in [0.05, 0.1) is 11.1 Å². The second-order valence-electron chi connectivity index (χ2n) is 9.83. The third-order valence-corrected chi connectivity index (χ3v) is 8.69. The normalized spacial score (nSPS) is 23.7. The summed E-state index contributed by atoms with van der Waals surface area (Å²) >= 11 is 0. The lowest BCUT2D eigenvalue weighted by Crippen LogP contribution is -2.59. The van der Waals surface area contributed by atoms with Gasteiger partial charge in [-0.15, -0.1) is 0 Å². The Balaban J connectivity index is 1.31. The Morgan fingerprint density at radius 1 is 1.17 bits per heavy atom. The molecule has 3 aliphatic rings. The summed E-state index contributed by atoms with van der Waals surface area (Å²) in [6.07, 6.45) is 9.07. The molecule has 2 aromatic rings. The van der Waals surface area contributed by atoms with Gasteiger partial charge in [0, 0.05) is 60.3 Å². The van der Waals surface area contributed by atoms with E-state index in [0.717, 1.165) is 40.5 Å². The largest absolute Gasteiger partial charge is 0.335 e. The highest BCUT2D eigenvalue weighted by molar-refractivity contribution is 8.13. The van der Waals surface area contributed by atoms with Crippen molar-refractivity contribution in [2.45, 2.75) is 57.0 Å². The van der Waals surface area contributed by atoms with Gasteiger partial charge in [0.15, 0.2) is 0 Å². The lowest BCUT2D eigenvalue weighted by molar-refractivity contribution is -0.134. The summed E-state index contributed by atoms with van der Waals surface area (Å²) in [5, 5.41) is 3.30. The highest BCUT2D eigenvalue weighted by Gasteiger charge is 2.35. The second kappa shape index (κ2) is 10.4. The number of aromatic nitrogens is 1. The molecular weight excluding hydrogens is 452 g/mol. The molecular formula is C29H34N4OS. The van der Waals surface area contributed by atoms with E-state index in [1.54, 1.807) is 0 Å². The Morgan fingerprint density at radius 3 is 2.69 bits per heavy atom. The van der Waals surface area contributed by atoms with E-state index in [1.807, 2.05) is 29.3 Å². The predicted octanol–water partition coefficient (Wildman–Crippen LogP) is 4.74. The van der Waals surface area contributed by atoms with Crippen molar-refractivity contribution in [3.63, 3.8) is 0 Å². The average molecular weight is 487 g/mol. The van der Waals surface area contributed by atoms with Crippen molar-refractivity contribution in [1.29, 1.82) is 0 Å². The van der Waals surface area contributed by atoms with Crippen LogP contribution in [0, 0.1) is 17.8 Å². The zero-order valence-corrected chi connectivity index (χ0v) is 21.6. The molecule has 182 valence electrons. The number of rotatable bonds is 6. The van der Waals surface area contributed by atoms with E-state index in [1.165, 1.54) is 19.4 Å². The maximum atomic E-state index is 13.5. The number of benzene rings is 1. The molecule has 3 unspecified atom stereocenters. The quantitative estimate of drug-likeness (QED) is 0.473. The summed E-state index contributed by atoms with van der Waals surface area (Å²) in [6.45, 7) is 9.48. The fourth-order valence-corrected chi connectivity index (χ4v) is 6.64. The number of nitrogens with zero attached hydrogens (tertiary/aromatic N) is 3. The SMILES string of the molecule is C/C=S(/NC1=CC=C(C(=O)N2C(C)CN(CC3CC3)CC2C)C#CC1)c1cccc2cccnc12. The van der Waals surface area contributed by atoms with Crippen LogP contribution in [0.25, 0.3) is 10.9 Å². The van der Waals surface area contributed by atoms with Crippen LogP contribution in [-0.4, -0.2) is 57.8 Å². The maximum absolute atomic E-state index is 13.5. The first kappa shape index (κ1) is 23.8. The van der Waals surface area contributed by atoms with Crippen LogP contribution in [0.5, 0.6) is 0 Å². The molecule has 1 saturated heterocycles. The van der Waals surface area contributed by atoms with Crippen molar-refractivity contribution >= 4 is 32.8 Å². The molecule has 0 bridgehead atoms. The first-order valence-corrected chi connectivity index (χ1v) is 13.9. The number of hydrogen-bond acceptors (Lipinski definition) is 4. The number of piperazine rings is 1. The van der Waals surface area contributed by atoms with Crippen LogP contribution in [0.1, 0.15) is 40.0 Å². The third kappa shape index (κ3) is 5.37. The molecule has 3 atom stereocenters. The molecule has 1 amide bonds. The minimum absolute atomic E-state index is 0.0559. The third-order valence-electron chi connectivity index (χ3n) is 6.94. The fraction of sp³-hybridized carbons (Fsp3) is 0.414. The molecule has 1 saturated carbocycles. The zero-order chi connectivity index (χ0) is 24.4. The number of carbonyl (C=O) groups is 1. The molecule has 5 nitrogen and oxygen atoms in total. The highest BCUT2D eigenvalue weighted by Crippen LogP contribution is 2.32. The maximum Gasteiger partial charge on any atom is 0.262 e. The Kier molecular flexibility index (Phi) is 7.08. The van der Waals surface area contributed by atoms with Gasteiger partial charge in [0.1, 0.15) is 0 Å². The highest BCUT2D eigenvalue weighted by atomic mass is 32.2. The van der Waals surface area contributed by atoms with Gasteiger partial charge in [-0.3, -0.25) is 14.7 Å². The molecule has 0 spiro atoms. The minimum atomic E-state index is -0.320. The van der Waals surface area contributed by atoms with E-state index in [2.05, 4.69) is 76.9 Å². The summed E-state index contributed by atoms with van der Waals surface area (Å²) < 4.78 is 3.66. The number of nitrogens with one attached hydrogen (secondary N) is 1. The predicted molar refractivity (Wildman–Crippen MR) is 146 cm³/mol. The van der Waals surface area contributed by atoms with Crippen molar-refractivity contribution in [3.05, 3.63) is 60.0 Å². The van der Waals surface area contributed by atoms with E-state index in [-0.39, 0.29) is 28.7 Å². The van der Waals surface area contributed by atoms with Gasteiger partial charge in [-0.25, -0.2) is 0 Å². The lowest BCUT2D eigenvalue weighted by atomic mass is 10.0. The fourth-order valence-electron chi connectivity index (χ4n) is 5.14. The first-order valence-electron chi connectivity index (χ1n) is 12.6. The topological polar surface area (TPSA) is 48.5 Å². The number of fused-ring (bicyclic) bond motifs is 1. The summed E-state index contributed by atoms with van der Waals surface area (Å²) in [5.74, 6) is 7.31. The van der Waals surface area contributed by atoms with Gasteiger partial charge in [0.25, 0.3) is 5.91 Å². The molecule has 1 aromatic carbocycles. The summed E-state index contributed by atoms with van der Waals surface area (Å²) in [4.78, 5) is 23.9. The van der Waals surface area contributed by atoms with E-state index in [9.17, 15) is 4.79 Å². The smallest absolute Gasteiger partial charge is 0.262 e. The molecule has 35 heavy (non-hydrogen) atoms. The van der Waals surface area contributed by atoms with Crippen LogP contribution in [-0.2, 0) is 4.79 Å². The molecule has 2 aliphatic carbocycles. The van der Waals surface area contributed by atoms with Crippen molar-refractivity contribution < 1.29 is 4.79 Å². The Bertz CT molecular complexity index is 1260. The number of allylic oxidation sites excluding steroid dienone is 3. The molecule has 0 radical (unpaired) electrons. The molecule has 1 aliphatic heterocycles. The van der Waals surface area contributed by atoms with Gasteiger partial charge in [-0.05, 0) is 69.2 Å². The van der Waals surface area contributed by atoms with E-state index >= 15 is 0 Å². The zero-order valence-electron chi connectivity index (χ0n) is 20.8. The Labute approximate surface area is 211 Å². The molecule has 5 rings (SSSR count). The second-order valence-corrected chi connectivity index (χ2v) is 11.6. The first-order chi connectivity index (χ1) is 17.0. The molecule has 2 fully saturated rings.